The van der Waals surface area contributed by atoms with Gasteiger partial charge in [-0.2, -0.15) is 0 Å². The van der Waals surface area contributed by atoms with E-state index in [4.69, 9.17) is 4.99 Å². The number of unbranched alkanes of at least 4 members (excludes halogenated alkanes) is 1. The van der Waals surface area contributed by atoms with Crippen molar-refractivity contribution in [3.05, 3.63) is 11.6 Å². The zero-order chi connectivity index (χ0) is 20.6. The van der Waals surface area contributed by atoms with Crippen LogP contribution in [-0.2, 0) is 13.6 Å². The highest BCUT2D eigenvalue weighted by Crippen LogP contribution is 2.25. The molecule has 2 fully saturated rings. The molecule has 0 radical (unpaired) electrons. The molecule has 1 aliphatic carbocycles. The van der Waals surface area contributed by atoms with E-state index in [0.717, 1.165) is 75.8 Å². The second kappa shape index (κ2) is 10.9. The molecule has 1 aromatic heterocycles. The van der Waals surface area contributed by atoms with Gasteiger partial charge in [0, 0.05) is 38.8 Å². The SMILES string of the molecule is CCCCNC(=NCc1nnc(C)n1C)NC1CCN(C2CCCCC2O)CC1. The number of aromatic nitrogens is 3. The first kappa shape index (κ1) is 22.0. The Morgan fingerprint density at radius 3 is 2.59 bits per heavy atom. The summed E-state index contributed by atoms with van der Waals surface area (Å²) < 4.78 is 1.99. The van der Waals surface area contributed by atoms with Crippen LogP contribution in [-0.4, -0.2) is 68.6 Å². The summed E-state index contributed by atoms with van der Waals surface area (Å²) in [7, 11) is 1.98. The van der Waals surface area contributed by atoms with E-state index in [1.54, 1.807) is 0 Å². The van der Waals surface area contributed by atoms with Crippen molar-refractivity contribution in [3.8, 4) is 0 Å². The minimum atomic E-state index is -0.143. The quantitative estimate of drug-likeness (QED) is 0.364. The van der Waals surface area contributed by atoms with Gasteiger partial charge in [-0.25, -0.2) is 4.99 Å². The van der Waals surface area contributed by atoms with Gasteiger partial charge in [-0.3, -0.25) is 4.90 Å². The zero-order valence-corrected chi connectivity index (χ0v) is 18.4. The normalized spacial score (nSPS) is 24.6. The van der Waals surface area contributed by atoms with Gasteiger partial charge in [0.1, 0.15) is 12.4 Å². The van der Waals surface area contributed by atoms with E-state index in [0.29, 0.717) is 18.6 Å². The van der Waals surface area contributed by atoms with Crippen molar-refractivity contribution in [1.29, 1.82) is 0 Å². The molecule has 1 aromatic rings. The van der Waals surface area contributed by atoms with Crippen LogP contribution in [0.3, 0.4) is 0 Å². The summed E-state index contributed by atoms with van der Waals surface area (Å²) in [6, 6.07) is 0.778. The maximum absolute atomic E-state index is 10.4. The third kappa shape index (κ3) is 6.15. The molecule has 8 nitrogen and oxygen atoms in total. The number of likely N-dealkylation sites (tertiary alicyclic amines) is 1. The second-order valence-electron chi connectivity index (χ2n) is 8.54. The second-order valence-corrected chi connectivity index (χ2v) is 8.54. The predicted octanol–water partition coefficient (Wildman–Crippen LogP) is 1.73. The molecule has 3 N–H and O–H groups in total. The summed E-state index contributed by atoms with van der Waals surface area (Å²) in [4.78, 5) is 7.28. The summed E-state index contributed by atoms with van der Waals surface area (Å²) in [5.74, 6) is 2.65. The van der Waals surface area contributed by atoms with Gasteiger partial charge in [0.2, 0.25) is 0 Å². The van der Waals surface area contributed by atoms with Crippen molar-refractivity contribution in [3.63, 3.8) is 0 Å². The monoisotopic (exact) mass is 405 g/mol. The Morgan fingerprint density at radius 1 is 1.17 bits per heavy atom. The summed E-state index contributed by atoms with van der Waals surface area (Å²) in [5.41, 5.74) is 0. The minimum Gasteiger partial charge on any atom is -0.391 e. The van der Waals surface area contributed by atoms with Crippen molar-refractivity contribution in [2.45, 2.75) is 89.9 Å². The molecule has 29 heavy (non-hydrogen) atoms. The van der Waals surface area contributed by atoms with Crippen LogP contribution in [0, 0.1) is 6.92 Å². The molecule has 1 saturated heterocycles. The summed E-state index contributed by atoms with van der Waals surface area (Å²) >= 11 is 0. The van der Waals surface area contributed by atoms with Crippen molar-refractivity contribution in [1.82, 2.24) is 30.3 Å². The number of aryl methyl sites for hydroxylation is 1. The highest BCUT2D eigenvalue weighted by molar-refractivity contribution is 5.80. The van der Waals surface area contributed by atoms with Gasteiger partial charge in [-0.1, -0.05) is 26.2 Å². The fraction of sp³-hybridized carbons (Fsp3) is 0.857. The Balaban J connectivity index is 1.53. The standard InChI is InChI=1S/C21H39N7O/c1-4-5-12-22-21(23-15-20-26-25-16(2)27(20)3)24-17-10-13-28(14-11-17)18-8-6-7-9-19(18)29/h17-19,29H,4-15H2,1-3H3,(H2,22,23,24). The molecule has 2 aliphatic rings. The van der Waals surface area contributed by atoms with Gasteiger partial charge in [-0.05, 0) is 39.0 Å². The van der Waals surface area contributed by atoms with Crippen molar-refractivity contribution in [2.75, 3.05) is 19.6 Å². The topological polar surface area (TPSA) is 90.6 Å². The lowest BCUT2D eigenvalue weighted by atomic mass is 9.89. The number of rotatable bonds is 7. The number of piperidine rings is 1. The van der Waals surface area contributed by atoms with E-state index in [1.807, 2.05) is 18.5 Å². The predicted molar refractivity (Wildman–Crippen MR) is 116 cm³/mol. The van der Waals surface area contributed by atoms with Gasteiger partial charge in [-0.15, -0.1) is 10.2 Å². The molecule has 2 atom stereocenters. The molecule has 0 amide bonds. The number of aliphatic hydroxyl groups excluding tert-OH is 1. The smallest absolute Gasteiger partial charge is 0.191 e. The van der Waals surface area contributed by atoms with Crippen LogP contribution in [0.1, 0.15) is 69.9 Å². The number of aliphatic hydroxyl groups is 1. The Morgan fingerprint density at radius 2 is 1.93 bits per heavy atom. The lowest BCUT2D eigenvalue weighted by Crippen LogP contribution is -2.53. The van der Waals surface area contributed by atoms with E-state index >= 15 is 0 Å². The van der Waals surface area contributed by atoms with E-state index in [1.165, 1.54) is 12.8 Å². The molecule has 3 rings (SSSR count). The Hall–Kier alpha value is -1.67. The number of hydrogen-bond donors (Lipinski definition) is 3. The molecule has 0 aromatic carbocycles. The Kier molecular flexibility index (Phi) is 8.29. The molecule has 2 heterocycles. The van der Waals surface area contributed by atoms with Gasteiger partial charge < -0.3 is 20.3 Å². The number of guanidine groups is 1. The molecule has 1 aliphatic heterocycles. The van der Waals surface area contributed by atoms with E-state index in [2.05, 4.69) is 32.7 Å². The van der Waals surface area contributed by atoms with Crippen LogP contribution in [0.15, 0.2) is 4.99 Å². The summed E-state index contributed by atoms with van der Waals surface area (Å²) in [6.45, 7) is 7.69. The first-order valence-corrected chi connectivity index (χ1v) is 11.4. The molecule has 8 heteroatoms. The van der Waals surface area contributed by atoms with Gasteiger partial charge in [0.25, 0.3) is 0 Å². The fourth-order valence-electron chi connectivity index (χ4n) is 4.36. The molecular weight excluding hydrogens is 366 g/mol. The molecule has 0 bridgehead atoms. The van der Waals surface area contributed by atoms with Crippen LogP contribution < -0.4 is 10.6 Å². The van der Waals surface area contributed by atoms with Gasteiger partial charge in [0.05, 0.1) is 6.10 Å². The minimum absolute atomic E-state index is 0.143. The first-order valence-electron chi connectivity index (χ1n) is 11.4. The molecule has 2 unspecified atom stereocenters. The fourth-order valence-corrected chi connectivity index (χ4v) is 4.36. The van der Waals surface area contributed by atoms with Crippen LogP contribution in [0.25, 0.3) is 0 Å². The lowest BCUT2D eigenvalue weighted by molar-refractivity contribution is 0.00810. The van der Waals surface area contributed by atoms with E-state index in [-0.39, 0.29) is 6.10 Å². The summed E-state index contributed by atoms with van der Waals surface area (Å²) in [5, 5.41) is 25.8. The van der Waals surface area contributed by atoms with E-state index < -0.39 is 0 Å². The average Bonchev–Trinajstić information content (AvgIpc) is 3.05. The van der Waals surface area contributed by atoms with Crippen LogP contribution in [0.4, 0.5) is 0 Å². The maximum Gasteiger partial charge on any atom is 0.191 e. The van der Waals surface area contributed by atoms with Crippen LogP contribution in [0.2, 0.25) is 0 Å². The number of nitrogens with zero attached hydrogens (tertiary/aromatic N) is 5. The highest BCUT2D eigenvalue weighted by Gasteiger charge is 2.31. The van der Waals surface area contributed by atoms with Gasteiger partial charge in [0.15, 0.2) is 11.8 Å². The molecular formula is C21H39N7O. The first-order chi connectivity index (χ1) is 14.1. The van der Waals surface area contributed by atoms with Gasteiger partial charge >= 0.3 is 0 Å². The molecule has 0 spiro atoms. The van der Waals surface area contributed by atoms with Crippen molar-refractivity contribution >= 4 is 5.96 Å². The lowest BCUT2D eigenvalue weighted by Gasteiger charge is -2.41. The van der Waals surface area contributed by atoms with Crippen LogP contribution in [0.5, 0.6) is 0 Å². The largest absolute Gasteiger partial charge is 0.391 e. The van der Waals surface area contributed by atoms with E-state index in [9.17, 15) is 5.11 Å². The number of nitrogens with one attached hydrogen (secondary N) is 2. The van der Waals surface area contributed by atoms with Crippen molar-refractivity contribution in [2.24, 2.45) is 12.0 Å². The maximum atomic E-state index is 10.4. The third-order valence-corrected chi connectivity index (χ3v) is 6.42. The third-order valence-electron chi connectivity index (χ3n) is 6.42. The summed E-state index contributed by atoms with van der Waals surface area (Å²) in [6.07, 6.45) is 8.83. The number of aliphatic imine (C=N–C) groups is 1. The average molecular weight is 406 g/mol. The Bertz CT molecular complexity index is 651. The zero-order valence-electron chi connectivity index (χ0n) is 18.4. The van der Waals surface area contributed by atoms with Crippen LogP contribution >= 0.6 is 0 Å². The highest BCUT2D eigenvalue weighted by atomic mass is 16.3. The molecule has 1 saturated carbocycles. The van der Waals surface area contributed by atoms with Crippen molar-refractivity contribution < 1.29 is 5.11 Å². The molecule has 164 valence electrons. The Labute approximate surface area is 175 Å². The number of hydrogen-bond acceptors (Lipinski definition) is 5.